The normalized spacial score (nSPS) is 23.6. The van der Waals surface area contributed by atoms with Crippen molar-refractivity contribution >= 4 is 52.3 Å². The van der Waals surface area contributed by atoms with Crippen LogP contribution in [0.25, 0.3) is 0 Å². The summed E-state index contributed by atoms with van der Waals surface area (Å²) in [6.45, 7) is 1.90. The number of nitrogens with zero attached hydrogens (tertiary/aromatic N) is 2. The minimum atomic E-state index is -0.374. The van der Waals surface area contributed by atoms with Crippen molar-refractivity contribution in [3.05, 3.63) is 51.9 Å². The van der Waals surface area contributed by atoms with Crippen LogP contribution in [0.15, 0.2) is 36.4 Å². The molecule has 9 heteroatoms. The number of anilines is 1. The molecule has 0 unspecified atom stereocenters. The largest absolute Gasteiger partial charge is 0.465 e. The number of urea groups is 1. The van der Waals surface area contributed by atoms with Gasteiger partial charge in [0.15, 0.2) is 0 Å². The second-order valence-corrected chi connectivity index (χ2v) is 9.48. The molecule has 1 aromatic heterocycles. The van der Waals surface area contributed by atoms with E-state index < -0.39 is 0 Å². The number of nitrogens with two attached hydrogens (primary N) is 1. The summed E-state index contributed by atoms with van der Waals surface area (Å²) in [6.07, 6.45) is 3.70. The first-order valence-corrected chi connectivity index (χ1v) is 11.4. The summed E-state index contributed by atoms with van der Waals surface area (Å²) in [5.74, 6) is -0.374. The SMILES string of the molecule is COC(=O)c1ccc(N2CCN([C@H]3CC[C@@](CN)(c4cccc(Cl)c4)CC3)C2=O)s1.Cl. The van der Waals surface area contributed by atoms with Gasteiger partial charge in [0.25, 0.3) is 0 Å². The van der Waals surface area contributed by atoms with E-state index >= 15 is 0 Å². The number of carbonyl (C=O) groups excluding carboxylic acids is 2. The number of amides is 2. The maximum absolute atomic E-state index is 13.1. The highest BCUT2D eigenvalue weighted by molar-refractivity contribution is 7.18. The van der Waals surface area contributed by atoms with Gasteiger partial charge in [-0.05, 0) is 55.5 Å². The molecule has 6 nitrogen and oxygen atoms in total. The van der Waals surface area contributed by atoms with E-state index in [4.69, 9.17) is 22.1 Å². The molecule has 0 bridgehead atoms. The maximum atomic E-state index is 13.1. The van der Waals surface area contributed by atoms with Crippen LogP contribution in [0.3, 0.4) is 0 Å². The second kappa shape index (κ2) is 9.77. The lowest BCUT2D eigenvalue weighted by molar-refractivity contribution is 0.0606. The molecule has 2 N–H and O–H groups in total. The molecule has 2 fully saturated rings. The summed E-state index contributed by atoms with van der Waals surface area (Å²) in [7, 11) is 1.36. The summed E-state index contributed by atoms with van der Waals surface area (Å²) >= 11 is 7.50. The summed E-state index contributed by atoms with van der Waals surface area (Å²) < 4.78 is 4.77. The number of thiophene rings is 1. The fourth-order valence-electron chi connectivity index (χ4n) is 4.68. The standard InChI is InChI=1S/C22H26ClN3O3S.ClH/c1-29-20(27)18-5-6-19(30-18)26-12-11-25(21(26)28)17-7-9-22(14-24,10-8-17)15-3-2-4-16(23)13-15;/h2-6,13,17H,7-12,14,24H2,1H3;1H/t17-,22+;. The monoisotopic (exact) mass is 483 g/mol. The summed E-state index contributed by atoms with van der Waals surface area (Å²) in [5.41, 5.74) is 7.33. The topological polar surface area (TPSA) is 75.9 Å². The van der Waals surface area contributed by atoms with Crippen molar-refractivity contribution in [1.82, 2.24) is 4.90 Å². The number of hydrogen-bond acceptors (Lipinski definition) is 5. The van der Waals surface area contributed by atoms with Crippen LogP contribution in [0.1, 0.15) is 40.9 Å². The Morgan fingerprint density at radius 2 is 2.00 bits per heavy atom. The summed E-state index contributed by atoms with van der Waals surface area (Å²) in [6, 6.07) is 11.7. The zero-order chi connectivity index (χ0) is 21.3. The van der Waals surface area contributed by atoms with Gasteiger partial charge in [-0.15, -0.1) is 23.7 Å². The first-order chi connectivity index (χ1) is 14.5. The number of methoxy groups -OCH3 is 1. The van der Waals surface area contributed by atoms with Gasteiger partial charge in [0.1, 0.15) is 4.88 Å². The smallest absolute Gasteiger partial charge is 0.348 e. The first-order valence-electron chi connectivity index (χ1n) is 10.2. The molecule has 0 spiro atoms. The molecule has 1 saturated carbocycles. The molecule has 4 rings (SSSR count). The van der Waals surface area contributed by atoms with Crippen LogP contribution < -0.4 is 10.6 Å². The Morgan fingerprint density at radius 1 is 1.26 bits per heavy atom. The van der Waals surface area contributed by atoms with Gasteiger partial charge >= 0.3 is 12.0 Å². The minimum absolute atomic E-state index is 0. The zero-order valence-electron chi connectivity index (χ0n) is 17.4. The molecule has 31 heavy (non-hydrogen) atoms. The Bertz CT molecular complexity index is 944. The summed E-state index contributed by atoms with van der Waals surface area (Å²) in [4.78, 5) is 29.1. The third-order valence-corrected chi connectivity index (χ3v) is 7.79. The molecular weight excluding hydrogens is 457 g/mol. The molecule has 168 valence electrons. The Kier molecular flexibility index (Phi) is 7.52. The molecule has 1 aromatic carbocycles. The van der Waals surface area contributed by atoms with Gasteiger partial charge in [-0.2, -0.15) is 0 Å². The Labute approximate surface area is 197 Å². The predicted octanol–water partition coefficient (Wildman–Crippen LogP) is 4.69. The van der Waals surface area contributed by atoms with E-state index in [0.29, 0.717) is 24.5 Å². The zero-order valence-corrected chi connectivity index (χ0v) is 19.8. The highest BCUT2D eigenvalue weighted by atomic mass is 35.5. The second-order valence-electron chi connectivity index (χ2n) is 7.98. The average molecular weight is 484 g/mol. The molecule has 1 aliphatic carbocycles. The van der Waals surface area contributed by atoms with Crippen molar-refractivity contribution in [2.24, 2.45) is 5.73 Å². The quantitative estimate of drug-likeness (QED) is 0.625. The van der Waals surface area contributed by atoms with Crippen LogP contribution >= 0.6 is 35.3 Å². The molecular formula is C22H27Cl2N3O3S. The van der Waals surface area contributed by atoms with Crippen molar-refractivity contribution < 1.29 is 14.3 Å². The average Bonchev–Trinajstić information content (AvgIpc) is 3.40. The van der Waals surface area contributed by atoms with E-state index in [0.717, 1.165) is 35.7 Å². The molecule has 1 aliphatic heterocycles. The van der Waals surface area contributed by atoms with E-state index in [1.165, 1.54) is 24.0 Å². The van der Waals surface area contributed by atoms with Crippen LogP contribution in [-0.4, -0.2) is 49.7 Å². The number of hydrogen-bond donors (Lipinski definition) is 1. The van der Waals surface area contributed by atoms with Gasteiger partial charge in [0.2, 0.25) is 0 Å². The highest BCUT2D eigenvalue weighted by Crippen LogP contribution is 2.42. The van der Waals surface area contributed by atoms with E-state index in [9.17, 15) is 9.59 Å². The van der Waals surface area contributed by atoms with Crippen LogP contribution in [0.2, 0.25) is 5.02 Å². The number of halogens is 2. The molecule has 2 heterocycles. The number of ether oxygens (including phenoxy) is 1. The lowest BCUT2D eigenvalue weighted by atomic mass is 9.68. The molecule has 2 aromatic rings. The first kappa shape index (κ1) is 23.9. The van der Waals surface area contributed by atoms with Gasteiger partial charge in [-0.25, -0.2) is 9.59 Å². The predicted molar refractivity (Wildman–Crippen MR) is 127 cm³/mol. The Hall–Kier alpha value is -1.80. The minimum Gasteiger partial charge on any atom is -0.465 e. The van der Waals surface area contributed by atoms with Gasteiger partial charge in [-0.3, -0.25) is 4.90 Å². The number of rotatable bonds is 5. The molecule has 2 aliphatic rings. The maximum Gasteiger partial charge on any atom is 0.348 e. The molecule has 0 atom stereocenters. The van der Waals surface area contributed by atoms with Crippen molar-refractivity contribution in [3.63, 3.8) is 0 Å². The van der Waals surface area contributed by atoms with Crippen LogP contribution in [-0.2, 0) is 10.2 Å². The van der Waals surface area contributed by atoms with Gasteiger partial charge < -0.3 is 15.4 Å². The lowest BCUT2D eigenvalue weighted by Gasteiger charge is -2.42. The van der Waals surface area contributed by atoms with Crippen molar-refractivity contribution in [2.75, 3.05) is 31.6 Å². The van der Waals surface area contributed by atoms with E-state index in [-0.39, 0.29) is 35.9 Å². The number of esters is 1. The van der Waals surface area contributed by atoms with Crippen LogP contribution in [0.4, 0.5) is 9.80 Å². The number of carbonyl (C=O) groups is 2. The van der Waals surface area contributed by atoms with Crippen LogP contribution in [0, 0.1) is 0 Å². The third kappa shape index (κ3) is 4.55. The van der Waals surface area contributed by atoms with Gasteiger partial charge in [-0.1, -0.05) is 23.7 Å². The Morgan fingerprint density at radius 3 is 2.65 bits per heavy atom. The van der Waals surface area contributed by atoms with Gasteiger partial charge in [0.05, 0.1) is 12.1 Å². The third-order valence-electron chi connectivity index (χ3n) is 6.47. The fraction of sp³-hybridized carbons (Fsp3) is 0.455. The number of benzene rings is 1. The van der Waals surface area contributed by atoms with E-state index in [1.54, 1.807) is 11.0 Å². The molecule has 1 saturated heterocycles. The van der Waals surface area contributed by atoms with Crippen molar-refractivity contribution in [2.45, 2.75) is 37.1 Å². The fourth-order valence-corrected chi connectivity index (χ4v) is 5.81. The van der Waals surface area contributed by atoms with Crippen LogP contribution in [0.5, 0.6) is 0 Å². The molecule has 2 amide bonds. The highest BCUT2D eigenvalue weighted by Gasteiger charge is 2.41. The van der Waals surface area contributed by atoms with Gasteiger partial charge in [0, 0.05) is 36.1 Å². The van der Waals surface area contributed by atoms with Crippen molar-refractivity contribution in [3.8, 4) is 0 Å². The molecule has 0 radical (unpaired) electrons. The lowest BCUT2D eigenvalue weighted by Crippen LogP contribution is -2.46. The Balaban J connectivity index is 0.00000272. The van der Waals surface area contributed by atoms with Crippen molar-refractivity contribution in [1.29, 1.82) is 0 Å². The van der Waals surface area contributed by atoms with E-state index in [1.807, 2.05) is 29.2 Å². The van der Waals surface area contributed by atoms with E-state index in [2.05, 4.69) is 6.07 Å². The summed E-state index contributed by atoms with van der Waals surface area (Å²) in [5, 5.41) is 1.52.